The molecule has 0 bridgehead atoms. The maximum Gasteiger partial charge on any atom is 0.306 e. The smallest absolute Gasteiger partial charge is 0.306 e. The third kappa shape index (κ3) is 49.4. The Balaban J connectivity index is 4.27. The van der Waals surface area contributed by atoms with Crippen molar-refractivity contribution < 1.29 is 28.6 Å². The van der Waals surface area contributed by atoms with Crippen LogP contribution in [0.2, 0.25) is 0 Å². The van der Waals surface area contributed by atoms with E-state index >= 15 is 0 Å². The van der Waals surface area contributed by atoms with Gasteiger partial charge in [0.25, 0.3) is 0 Å². The average molecular weight is 877 g/mol. The van der Waals surface area contributed by atoms with Crippen molar-refractivity contribution in [1.29, 1.82) is 0 Å². The van der Waals surface area contributed by atoms with Gasteiger partial charge in [0.15, 0.2) is 6.10 Å². The highest BCUT2D eigenvalue weighted by atomic mass is 16.6. The van der Waals surface area contributed by atoms with Gasteiger partial charge in [0.2, 0.25) is 0 Å². The fourth-order valence-electron chi connectivity index (χ4n) is 8.52. The third-order valence-electron chi connectivity index (χ3n) is 12.7. The number of carbonyl (C=O) groups is 3. The molecule has 0 aliphatic heterocycles. The summed E-state index contributed by atoms with van der Waals surface area (Å²) in [6, 6.07) is 0. The SMILES string of the molecule is CCCCCCCCCCCCCC(=O)OC[C@H](COC(=O)CCCCCCCCCCCCCCCCCC(C)C)OC(=O)CCCCCCCCCCCCCCC(C)C. The molecule has 0 unspecified atom stereocenters. The number of hydrogen-bond acceptors (Lipinski definition) is 6. The quantitative estimate of drug-likeness (QED) is 0.0344. The van der Waals surface area contributed by atoms with Crippen molar-refractivity contribution in [2.24, 2.45) is 11.8 Å². The lowest BCUT2D eigenvalue weighted by molar-refractivity contribution is -0.167. The summed E-state index contributed by atoms with van der Waals surface area (Å²) in [5.74, 6) is 0.838. The van der Waals surface area contributed by atoms with E-state index in [9.17, 15) is 14.4 Å². The van der Waals surface area contributed by atoms with Gasteiger partial charge in [-0.15, -0.1) is 0 Å². The minimum Gasteiger partial charge on any atom is -0.462 e. The molecule has 1 atom stereocenters. The molecule has 6 nitrogen and oxygen atoms in total. The summed E-state index contributed by atoms with van der Waals surface area (Å²) in [6.07, 6.45) is 50.9. The maximum absolute atomic E-state index is 12.8. The number of carbonyl (C=O) groups excluding carboxylic acids is 3. The first-order chi connectivity index (χ1) is 30.2. The van der Waals surface area contributed by atoms with E-state index in [0.717, 1.165) is 69.6 Å². The van der Waals surface area contributed by atoms with Crippen LogP contribution in [0.25, 0.3) is 0 Å². The Morgan fingerprint density at radius 1 is 0.306 bits per heavy atom. The monoisotopic (exact) mass is 877 g/mol. The Labute approximate surface area is 387 Å². The molecular formula is C56H108O6. The van der Waals surface area contributed by atoms with Crippen molar-refractivity contribution in [1.82, 2.24) is 0 Å². The molecule has 0 spiro atoms. The van der Waals surface area contributed by atoms with Gasteiger partial charge in [0.05, 0.1) is 0 Å². The van der Waals surface area contributed by atoms with Crippen LogP contribution in [0.5, 0.6) is 0 Å². The van der Waals surface area contributed by atoms with Crippen molar-refractivity contribution >= 4 is 17.9 Å². The highest BCUT2D eigenvalue weighted by Gasteiger charge is 2.19. The normalized spacial score (nSPS) is 12.0. The number of rotatable bonds is 50. The summed E-state index contributed by atoms with van der Waals surface area (Å²) in [6.45, 7) is 11.4. The molecule has 0 saturated heterocycles. The van der Waals surface area contributed by atoms with E-state index < -0.39 is 6.10 Å². The second kappa shape index (κ2) is 48.9. The van der Waals surface area contributed by atoms with E-state index in [1.807, 2.05) is 0 Å². The summed E-state index contributed by atoms with van der Waals surface area (Å²) in [5.41, 5.74) is 0. The fraction of sp³-hybridized carbons (Fsp3) is 0.946. The molecule has 6 heteroatoms. The molecule has 0 aliphatic carbocycles. The highest BCUT2D eigenvalue weighted by molar-refractivity contribution is 5.71. The van der Waals surface area contributed by atoms with Crippen molar-refractivity contribution in [3.63, 3.8) is 0 Å². The van der Waals surface area contributed by atoms with Gasteiger partial charge in [-0.25, -0.2) is 0 Å². The Morgan fingerprint density at radius 3 is 0.790 bits per heavy atom. The van der Waals surface area contributed by atoms with Crippen LogP contribution in [0.3, 0.4) is 0 Å². The van der Waals surface area contributed by atoms with Gasteiger partial charge in [-0.2, -0.15) is 0 Å². The number of esters is 3. The second-order valence-corrected chi connectivity index (χ2v) is 20.2. The Kier molecular flexibility index (Phi) is 47.6. The molecular weight excluding hydrogens is 769 g/mol. The van der Waals surface area contributed by atoms with Crippen LogP contribution in [0, 0.1) is 11.8 Å². The van der Waals surface area contributed by atoms with E-state index in [1.54, 1.807) is 0 Å². The average Bonchev–Trinajstić information content (AvgIpc) is 3.24. The second-order valence-electron chi connectivity index (χ2n) is 20.2. The molecule has 0 aromatic heterocycles. The molecule has 0 N–H and O–H groups in total. The minimum absolute atomic E-state index is 0.0630. The fourth-order valence-corrected chi connectivity index (χ4v) is 8.52. The zero-order valence-electron chi connectivity index (χ0n) is 42.5. The largest absolute Gasteiger partial charge is 0.462 e. The number of hydrogen-bond donors (Lipinski definition) is 0. The lowest BCUT2D eigenvalue weighted by atomic mass is 10.0. The number of ether oxygens (including phenoxy) is 3. The summed E-state index contributed by atoms with van der Waals surface area (Å²) in [5, 5.41) is 0. The summed E-state index contributed by atoms with van der Waals surface area (Å²) >= 11 is 0. The molecule has 0 aromatic rings. The first-order valence-corrected chi connectivity index (χ1v) is 27.7. The Morgan fingerprint density at radius 2 is 0.532 bits per heavy atom. The summed E-state index contributed by atoms with van der Waals surface area (Å²) in [7, 11) is 0. The predicted molar refractivity (Wildman–Crippen MR) is 266 cm³/mol. The van der Waals surface area contributed by atoms with Crippen LogP contribution in [-0.4, -0.2) is 37.2 Å². The van der Waals surface area contributed by atoms with E-state index in [-0.39, 0.29) is 31.1 Å². The van der Waals surface area contributed by atoms with Gasteiger partial charge in [-0.05, 0) is 31.1 Å². The molecule has 0 rings (SSSR count). The highest BCUT2D eigenvalue weighted by Crippen LogP contribution is 2.18. The molecule has 0 fully saturated rings. The van der Waals surface area contributed by atoms with Crippen LogP contribution in [0.1, 0.15) is 311 Å². The first kappa shape index (κ1) is 60.4. The standard InChI is InChI=1S/C56H108O6/c1-6-7-8-9-10-11-19-26-31-36-41-46-54(57)60-49-53(62-56(59)48-43-38-33-28-23-18-17-21-25-30-35-40-45-52(4)5)50-61-55(58)47-42-37-32-27-22-16-14-12-13-15-20-24-29-34-39-44-51(2)3/h51-53H,6-50H2,1-5H3/t53-/m1/s1. The molecule has 0 amide bonds. The Hall–Kier alpha value is -1.59. The third-order valence-corrected chi connectivity index (χ3v) is 12.7. The van der Waals surface area contributed by atoms with Gasteiger partial charge in [0.1, 0.15) is 13.2 Å². The number of unbranched alkanes of at least 4 members (excludes halogenated alkanes) is 35. The lowest BCUT2D eigenvalue weighted by Crippen LogP contribution is -2.30. The van der Waals surface area contributed by atoms with Gasteiger partial charge in [-0.1, -0.05) is 272 Å². The van der Waals surface area contributed by atoms with Crippen molar-refractivity contribution in [2.75, 3.05) is 13.2 Å². The molecule has 0 heterocycles. The molecule has 62 heavy (non-hydrogen) atoms. The van der Waals surface area contributed by atoms with Crippen molar-refractivity contribution in [3.05, 3.63) is 0 Å². The van der Waals surface area contributed by atoms with Crippen LogP contribution >= 0.6 is 0 Å². The topological polar surface area (TPSA) is 78.9 Å². The van der Waals surface area contributed by atoms with Gasteiger partial charge < -0.3 is 14.2 Å². The zero-order valence-corrected chi connectivity index (χ0v) is 42.5. The molecule has 0 radical (unpaired) electrons. The van der Waals surface area contributed by atoms with E-state index in [4.69, 9.17) is 14.2 Å². The Bertz CT molecular complexity index is 947. The van der Waals surface area contributed by atoms with Gasteiger partial charge in [-0.3, -0.25) is 14.4 Å². The maximum atomic E-state index is 12.8. The van der Waals surface area contributed by atoms with E-state index in [0.29, 0.717) is 19.3 Å². The zero-order chi connectivity index (χ0) is 45.4. The van der Waals surface area contributed by atoms with Crippen LogP contribution in [0.15, 0.2) is 0 Å². The van der Waals surface area contributed by atoms with Gasteiger partial charge in [0, 0.05) is 19.3 Å². The molecule has 0 saturated carbocycles. The lowest BCUT2D eigenvalue weighted by Gasteiger charge is -2.18. The van der Waals surface area contributed by atoms with Crippen molar-refractivity contribution in [3.8, 4) is 0 Å². The van der Waals surface area contributed by atoms with E-state index in [1.165, 1.54) is 199 Å². The van der Waals surface area contributed by atoms with Crippen LogP contribution in [-0.2, 0) is 28.6 Å². The molecule has 0 aliphatic rings. The molecule has 368 valence electrons. The minimum atomic E-state index is -0.762. The summed E-state index contributed by atoms with van der Waals surface area (Å²) in [4.78, 5) is 38.0. The van der Waals surface area contributed by atoms with Gasteiger partial charge >= 0.3 is 17.9 Å². The van der Waals surface area contributed by atoms with Crippen molar-refractivity contribution in [2.45, 2.75) is 317 Å². The van der Waals surface area contributed by atoms with E-state index in [2.05, 4.69) is 34.6 Å². The summed E-state index contributed by atoms with van der Waals surface area (Å²) < 4.78 is 16.8. The first-order valence-electron chi connectivity index (χ1n) is 27.7. The molecule has 0 aromatic carbocycles. The van der Waals surface area contributed by atoms with Crippen LogP contribution < -0.4 is 0 Å². The predicted octanol–water partition coefficient (Wildman–Crippen LogP) is 18.1. The van der Waals surface area contributed by atoms with Crippen LogP contribution in [0.4, 0.5) is 0 Å².